The third-order valence-corrected chi connectivity index (χ3v) is 15.2. The van der Waals surface area contributed by atoms with Crippen LogP contribution < -0.4 is 10.6 Å². The predicted molar refractivity (Wildman–Crippen MR) is 183 cm³/mol. The van der Waals surface area contributed by atoms with Crippen LogP contribution in [0.5, 0.6) is 0 Å². The highest BCUT2D eigenvalue weighted by molar-refractivity contribution is 5.83. The van der Waals surface area contributed by atoms with Crippen molar-refractivity contribution in [2.24, 2.45) is 62.6 Å². The molecule has 0 saturated heterocycles. The SMILES string of the molecule is CC(C)[C@@H]1CC[C@]2(C(=O)NCCOCCNC(=O)OC(C)(C)C)CC[C@]3(C)C(CCC4[C@@]5(C)CC[C@H](O)C(C)(C)C5CC[C@]43C)[C@H]12. The second kappa shape index (κ2) is 12.5. The average molecular weight is 645 g/mol. The van der Waals surface area contributed by atoms with Crippen molar-refractivity contribution in [1.29, 1.82) is 0 Å². The topological polar surface area (TPSA) is 96.9 Å². The molecule has 5 rings (SSSR count). The van der Waals surface area contributed by atoms with Crippen LogP contribution in [0.3, 0.4) is 0 Å². The lowest BCUT2D eigenvalue weighted by molar-refractivity contribution is -0.248. The van der Waals surface area contributed by atoms with E-state index >= 15 is 0 Å². The fourth-order valence-electron chi connectivity index (χ4n) is 12.8. The van der Waals surface area contributed by atoms with Gasteiger partial charge >= 0.3 is 6.09 Å². The molecule has 3 N–H and O–H groups in total. The molecule has 5 aliphatic carbocycles. The summed E-state index contributed by atoms with van der Waals surface area (Å²) in [7, 11) is 0. The number of hydrogen-bond donors (Lipinski definition) is 3. The Morgan fingerprint density at radius 1 is 0.804 bits per heavy atom. The van der Waals surface area contributed by atoms with Crippen LogP contribution in [0, 0.1) is 62.6 Å². The molecule has 5 fully saturated rings. The molecule has 0 aromatic heterocycles. The van der Waals surface area contributed by atoms with Crippen molar-refractivity contribution >= 4 is 12.0 Å². The summed E-state index contributed by atoms with van der Waals surface area (Å²) in [5.74, 6) is 3.65. The third-order valence-electron chi connectivity index (χ3n) is 15.2. The number of rotatable bonds is 8. The van der Waals surface area contributed by atoms with Crippen molar-refractivity contribution < 1.29 is 24.2 Å². The van der Waals surface area contributed by atoms with Crippen molar-refractivity contribution in [3.05, 3.63) is 0 Å². The van der Waals surface area contributed by atoms with Crippen LogP contribution in [-0.2, 0) is 14.3 Å². The minimum absolute atomic E-state index is 0.0294. The molecule has 2 amide bonds. The summed E-state index contributed by atoms with van der Waals surface area (Å²) in [5.41, 5.74) is -0.0838. The van der Waals surface area contributed by atoms with Crippen LogP contribution in [0.25, 0.3) is 0 Å². The van der Waals surface area contributed by atoms with E-state index in [0.29, 0.717) is 61.8 Å². The van der Waals surface area contributed by atoms with Crippen LogP contribution in [0.1, 0.15) is 133 Å². The molecule has 10 atom stereocenters. The summed E-state index contributed by atoms with van der Waals surface area (Å²) in [5, 5.41) is 17.1. The van der Waals surface area contributed by atoms with E-state index in [2.05, 4.69) is 59.1 Å². The van der Waals surface area contributed by atoms with E-state index in [1.54, 1.807) is 0 Å². The van der Waals surface area contributed by atoms with E-state index in [4.69, 9.17) is 9.47 Å². The molecule has 3 unspecified atom stereocenters. The van der Waals surface area contributed by atoms with Crippen LogP contribution in [0.2, 0.25) is 0 Å². The van der Waals surface area contributed by atoms with Gasteiger partial charge in [0.15, 0.2) is 0 Å². The number of hydrogen-bond acceptors (Lipinski definition) is 5. The monoisotopic (exact) mass is 645 g/mol. The molecule has 46 heavy (non-hydrogen) atoms. The van der Waals surface area contributed by atoms with Gasteiger partial charge in [-0.2, -0.15) is 0 Å². The predicted octanol–water partition coefficient (Wildman–Crippen LogP) is 7.74. The van der Waals surface area contributed by atoms with Crippen molar-refractivity contribution in [1.82, 2.24) is 10.6 Å². The standard InChI is InChI=1S/C39H68N2O5/c1-25(2)26-13-18-39(32(43)40-21-23-45-24-22-41-33(44)46-34(3,4)5)20-19-37(9)27(31(26)39)11-12-29-36(8)16-15-30(42)35(6,7)28(36)14-17-38(29,37)10/h25-31,42H,11-24H2,1-10H3,(H,40,43)(H,41,44)/t26-,27?,28?,29?,30-,31-,36-,37+,38+,39-/m0/s1. The van der Waals surface area contributed by atoms with Crippen molar-refractivity contribution in [3.63, 3.8) is 0 Å². The zero-order valence-electron chi connectivity index (χ0n) is 31.0. The minimum Gasteiger partial charge on any atom is -0.444 e. The van der Waals surface area contributed by atoms with Gasteiger partial charge in [0.1, 0.15) is 5.60 Å². The number of nitrogens with one attached hydrogen (secondary N) is 2. The highest BCUT2D eigenvalue weighted by atomic mass is 16.6. The lowest BCUT2D eigenvalue weighted by Crippen LogP contribution is -2.67. The number of ether oxygens (including phenoxy) is 2. The van der Waals surface area contributed by atoms with E-state index in [9.17, 15) is 14.7 Å². The number of carbonyl (C=O) groups excluding carboxylic acids is 2. The van der Waals surface area contributed by atoms with Gasteiger partial charge in [-0.05, 0) is 142 Å². The molecule has 7 nitrogen and oxygen atoms in total. The average Bonchev–Trinajstić information content (AvgIpc) is 3.35. The van der Waals surface area contributed by atoms with Gasteiger partial charge < -0.3 is 25.2 Å². The van der Waals surface area contributed by atoms with Gasteiger partial charge in [-0.3, -0.25) is 4.79 Å². The number of alkyl carbamates (subject to hydrolysis) is 1. The molecule has 0 aliphatic heterocycles. The maximum absolute atomic E-state index is 14.3. The highest BCUT2D eigenvalue weighted by Crippen LogP contribution is 2.77. The number of amides is 2. The fraction of sp³-hybridized carbons (Fsp3) is 0.949. The molecule has 5 saturated carbocycles. The van der Waals surface area contributed by atoms with Gasteiger partial charge in [0.2, 0.25) is 5.91 Å². The molecular formula is C39H68N2O5. The Labute approximate surface area is 280 Å². The Morgan fingerprint density at radius 2 is 1.48 bits per heavy atom. The number of carbonyl (C=O) groups is 2. The first-order chi connectivity index (χ1) is 21.3. The third kappa shape index (κ3) is 5.83. The second-order valence-electron chi connectivity index (χ2n) is 19.0. The first kappa shape index (κ1) is 36.0. The number of fused-ring (bicyclic) bond motifs is 7. The van der Waals surface area contributed by atoms with E-state index in [0.717, 1.165) is 38.5 Å². The van der Waals surface area contributed by atoms with Gasteiger partial charge in [-0.25, -0.2) is 4.79 Å². The summed E-state index contributed by atoms with van der Waals surface area (Å²) in [6.07, 6.45) is 10.7. The van der Waals surface area contributed by atoms with Crippen molar-refractivity contribution in [3.8, 4) is 0 Å². The number of aliphatic hydroxyl groups is 1. The minimum atomic E-state index is -0.524. The molecular weight excluding hydrogens is 576 g/mol. The van der Waals surface area contributed by atoms with Crippen LogP contribution in [-0.4, -0.2) is 55.1 Å². The van der Waals surface area contributed by atoms with E-state index < -0.39 is 11.7 Å². The largest absolute Gasteiger partial charge is 0.444 e. The van der Waals surface area contributed by atoms with Crippen molar-refractivity contribution in [2.45, 2.75) is 145 Å². The first-order valence-electron chi connectivity index (χ1n) is 18.8. The quantitative estimate of drug-likeness (QED) is 0.235. The molecule has 0 radical (unpaired) electrons. The second-order valence-corrected chi connectivity index (χ2v) is 19.0. The summed E-state index contributed by atoms with van der Waals surface area (Å²) in [4.78, 5) is 26.2. The van der Waals surface area contributed by atoms with Crippen LogP contribution >= 0.6 is 0 Å². The Kier molecular flexibility index (Phi) is 9.79. The fourth-order valence-corrected chi connectivity index (χ4v) is 12.8. The molecule has 0 spiro atoms. The lowest BCUT2D eigenvalue weighted by atomic mass is 9.32. The van der Waals surface area contributed by atoms with Crippen LogP contribution in [0.4, 0.5) is 4.79 Å². The summed E-state index contributed by atoms with van der Waals surface area (Å²) < 4.78 is 11.0. The lowest BCUT2D eigenvalue weighted by Gasteiger charge is -2.73. The Hall–Kier alpha value is -1.34. The Bertz CT molecular complexity index is 1130. The van der Waals surface area contributed by atoms with Gasteiger partial charge in [-0.1, -0.05) is 48.5 Å². The zero-order chi connectivity index (χ0) is 33.9. The smallest absolute Gasteiger partial charge is 0.407 e. The number of aliphatic hydroxyl groups excluding tert-OH is 1. The Balaban J connectivity index is 1.27. The molecule has 7 heteroatoms. The van der Waals surface area contributed by atoms with Gasteiger partial charge in [0, 0.05) is 13.1 Å². The molecule has 264 valence electrons. The van der Waals surface area contributed by atoms with Gasteiger partial charge in [-0.15, -0.1) is 0 Å². The molecule has 5 aliphatic rings. The normalized spacial score (nSPS) is 43.1. The molecule has 0 aromatic rings. The summed E-state index contributed by atoms with van der Waals surface area (Å²) in [6, 6.07) is 0. The maximum atomic E-state index is 14.3. The zero-order valence-corrected chi connectivity index (χ0v) is 31.0. The maximum Gasteiger partial charge on any atom is 0.407 e. The molecule has 0 heterocycles. The summed E-state index contributed by atoms with van der Waals surface area (Å²) >= 11 is 0. The summed E-state index contributed by atoms with van der Waals surface area (Å²) in [6.45, 7) is 24.6. The first-order valence-corrected chi connectivity index (χ1v) is 18.8. The van der Waals surface area contributed by atoms with E-state index in [1.165, 1.54) is 25.7 Å². The molecule has 0 bridgehead atoms. The highest BCUT2D eigenvalue weighted by Gasteiger charge is 2.71. The van der Waals surface area contributed by atoms with Crippen molar-refractivity contribution in [2.75, 3.05) is 26.3 Å². The Morgan fingerprint density at radius 3 is 2.13 bits per heavy atom. The van der Waals surface area contributed by atoms with E-state index in [1.807, 2.05) is 20.8 Å². The van der Waals surface area contributed by atoms with Crippen LogP contribution in [0.15, 0.2) is 0 Å². The van der Waals surface area contributed by atoms with E-state index in [-0.39, 0.29) is 39.1 Å². The van der Waals surface area contributed by atoms with Gasteiger partial charge in [0.25, 0.3) is 0 Å². The molecule has 0 aromatic carbocycles. The van der Waals surface area contributed by atoms with Gasteiger partial charge in [0.05, 0.1) is 24.7 Å².